The van der Waals surface area contributed by atoms with Gasteiger partial charge in [0.25, 0.3) is 5.91 Å². The maximum absolute atomic E-state index is 13.2. The van der Waals surface area contributed by atoms with Crippen molar-refractivity contribution in [1.29, 1.82) is 0 Å². The zero-order chi connectivity index (χ0) is 17.4. The predicted octanol–water partition coefficient (Wildman–Crippen LogP) is 2.40. The van der Waals surface area contributed by atoms with Crippen LogP contribution < -0.4 is 4.74 Å². The number of ether oxygens (including phenoxy) is 1. The van der Waals surface area contributed by atoms with Gasteiger partial charge in [0.15, 0.2) is 5.69 Å². The van der Waals surface area contributed by atoms with Crippen molar-refractivity contribution in [2.24, 2.45) is 7.05 Å². The maximum atomic E-state index is 13.2. The van der Waals surface area contributed by atoms with Crippen molar-refractivity contribution in [2.45, 2.75) is 12.5 Å². The van der Waals surface area contributed by atoms with Crippen LogP contribution in [0, 0.1) is 5.95 Å². The van der Waals surface area contributed by atoms with E-state index in [1.807, 2.05) is 31.3 Å². The number of likely N-dealkylation sites (tertiary alicyclic amines) is 1. The minimum atomic E-state index is -0.580. The molecule has 1 fully saturated rings. The van der Waals surface area contributed by atoms with Crippen LogP contribution in [-0.2, 0) is 7.05 Å². The molecule has 1 aromatic carbocycles. The third kappa shape index (κ3) is 2.93. The summed E-state index contributed by atoms with van der Waals surface area (Å²) in [6.45, 7) is 1.01. The van der Waals surface area contributed by atoms with Crippen LogP contribution in [0.25, 0.3) is 10.9 Å². The van der Waals surface area contributed by atoms with Gasteiger partial charge in [0.1, 0.15) is 6.10 Å². The highest BCUT2D eigenvalue weighted by Gasteiger charge is 2.30. The molecule has 6 nitrogen and oxygen atoms in total. The predicted molar refractivity (Wildman–Crippen MR) is 89.8 cm³/mol. The summed E-state index contributed by atoms with van der Waals surface area (Å²) in [6, 6.07) is 12.1. The summed E-state index contributed by atoms with van der Waals surface area (Å²) in [5.41, 5.74) is 1.37. The molecule has 1 aliphatic heterocycles. The summed E-state index contributed by atoms with van der Waals surface area (Å²) in [5.74, 6) is -0.457. The number of halogens is 1. The molecular formula is C18H17FN4O2. The van der Waals surface area contributed by atoms with Crippen molar-refractivity contribution >= 4 is 16.8 Å². The topological polar surface area (TPSA) is 60.2 Å². The van der Waals surface area contributed by atoms with Crippen molar-refractivity contribution in [3.8, 4) is 5.88 Å². The van der Waals surface area contributed by atoms with Gasteiger partial charge in [0, 0.05) is 31.5 Å². The molecule has 1 atom stereocenters. The molecule has 25 heavy (non-hydrogen) atoms. The lowest BCUT2D eigenvalue weighted by Gasteiger charge is -2.16. The standard InChI is InChI=1S/C18H17FN4O2/c1-22-14-6-3-2-5-13(14)17(21-22)18(24)23-10-9-12(11-23)25-16-8-4-7-15(19)20-16/h2-8,12H,9-11H2,1H3. The van der Waals surface area contributed by atoms with Gasteiger partial charge in [-0.25, -0.2) is 0 Å². The van der Waals surface area contributed by atoms with E-state index in [4.69, 9.17) is 4.74 Å². The average molecular weight is 340 g/mol. The van der Waals surface area contributed by atoms with Crippen molar-refractivity contribution < 1.29 is 13.9 Å². The van der Waals surface area contributed by atoms with Crippen LogP contribution >= 0.6 is 0 Å². The first-order chi connectivity index (χ1) is 12.1. The smallest absolute Gasteiger partial charge is 0.275 e. The molecule has 1 unspecified atom stereocenters. The number of rotatable bonds is 3. The molecule has 1 saturated heterocycles. The number of nitrogens with zero attached hydrogens (tertiary/aromatic N) is 4. The Morgan fingerprint density at radius 1 is 1.24 bits per heavy atom. The number of para-hydroxylation sites is 1. The number of aryl methyl sites for hydroxylation is 1. The molecule has 3 aromatic rings. The zero-order valence-electron chi connectivity index (χ0n) is 13.7. The van der Waals surface area contributed by atoms with E-state index in [0.717, 1.165) is 10.9 Å². The minimum absolute atomic E-state index is 0.116. The van der Waals surface area contributed by atoms with E-state index in [9.17, 15) is 9.18 Å². The fourth-order valence-electron chi connectivity index (χ4n) is 3.16. The Hall–Kier alpha value is -2.96. The van der Waals surface area contributed by atoms with Crippen molar-refractivity contribution in [3.05, 3.63) is 54.1 Å². The molecule has 7 heteroatoms. The quantitative estimate of drug-likeness (QED) is 0.687. The van der Waals surface area contributed by atoms with Gasteiger partial charge in [-0.3, -0.25) is 9.48 Å². The fraction of sp³-hybridized carbons (Fsp3) is 0.278. The Balaban J connectivity index is 1.50. The molecule has 0 bridgehead atoms. The molecule has 3 heterocycles. The highest BCUT2D eigenvalue weighted by Crippen LogP contribution is 2.22. The number of benzene rings is 1. The first kappa shape index (κ1) is 15.6. The number of fused-ring (bicyclic) bond motifs is 1. The van der Waals surface area contributed by atoms with Crippen molar-refractivity contribution in [3.63, 3.8) is 0 Å². The number of carbonyl (C=O) groups is 1. The lowest BCUT2D eigenvalue weighted by atomic mass is 10.2. The number of carbonyl (C=O) groups excluding carboxylic acids is 1. The number of hydrogen-bond donors (Lipinski definition) is 0. The molecule has 0 spiro atoms. The van der Waals surface area contributed by atoms with Gasteiger partial charge in [0.2, 0.25) is 11.8 Å². The van der Waals surface area contributed by atoms with E-state index in [1.54, 1.807) is 21.7 Å². The number of amides is 1. The van der Waals surface area contributed by atoms with Gasteiger partial charge in [0.05, 0.1) is 12.1 Å². The third-order valence-corrected chi connectivity index (χ3v) is 4.37. The second-order valence-electron chi connectivity index (χ2n) is 6.07. The first-order valence-corrected chi connectivity index (χ1v) is 8.12. The summed E-state index contributed by atoms with van der Waals surface area (Å²) in [5, 5.41) is 5.22. The monoisotopic (exact) mass is 340 g/mol. The SMILES string of the molecule is Cn1nc(C(=O)N2CCC(Oc3cccc(F)n3)C2)c2ccccc21. The summed E-state index contributed by atoms with van der Waals surface area (Å²) >= 11 is 0. The average Bonchev–Trinajstić information content (AvgIpc) is 3.20. The Morgan fingerprint density at radius 3 is 2.92 bits per heavy atom. The van der Waals surface area contributed by atoms with E-state index >= 15 is 0 Å². The third-order valence-electron chi connectivity index (χ3n) is 4.37. The molecule has 128 valence electrons. The van der Waals surface area contributed by atoms with E-state index in [-0.39, 0.29) is 17.9 Å². The van der Waals surface area contributed by atoms with Gasteiger partial charge in [-0.15, -0.1) is 0 Å². The van der Waals surface area contributed by atoms with Crippen LogP contribution in [0.1, 0.15) is 16.9 Å². The van der Waals surface area contributed by atoms with Crippen LogP contribution in [0.3, 0.4) is 0 Å². The molecular weight excluding hydrogens is 323 g/mol. The molecule has 4 rings (SSSR count). The molecule has 0 aliphatic carbocycles. The molecule has 0 radical (unpaired) electrons. The van der Waals surface area contributed by atoms with Gasteiger partial charge < -0.3 is 9.64 Å². The summed E-state index contributed by atoms with van der Waals surface area (Å²) in [6.07, 6.45) is 0.475. The molecule has 0 N–H and O–H groups in total. The van der Waals surface area contributed by atoms with Gasteiger partial charge in [-0.05, 0) is 12.1 Å². The van der Waals surface area contributed by atoms with Gasteiger partial charge in [-0.2, -0.15) is 14.5 Å². The molecule has 1 amide bonds. The highest BCUT2D eigenvalue weighted by molar-refractivity contribution is 6.04. The van der Waals surface area contributed by atoms with Crippen LogP contribution in [0.2, 0.25) is 0 Å². The second-order valence-corrected chi connectivity index (χ2v) is 6.07. The largest absolute Gasteiger partial charge is 0.472 e. The van der Waals surface area contributed by atoms with E-state index in [0.29, 0.717) is 25.2 Å². The summed E-state index contributed by atoms with van der Waals surface area (Å²) in [4.78, 5) is 18.3. The summed E-state index contributed by atoms with van der Waals surface area (Å²) in [7, 11) is 1.82. The number of pyridine rings is 1. The minimum Gasteiger partial charge on any atom is -0.472 e. The second kappa shape index (κ2) is 6.16. The lowest BCUT2D eigenvalue weighted by molar-refractivity contribution is 0.0766. The maximum Gasteiger partial charge on any atom is 0.275 e. The normalized spacial score (nSPS) is 17.2. The van der Waals surface area contributed by atoms with Gasteiger partial charge >= 0.3 is 0 Å². The fourth-order valence-corrected chi connectivity index (χ4v) is 3.16. The molecule has 1 aliphatic rings. The van der Waals surface area contributed by atoms with Crippen LogP contribution in [0.15, 0.2) is 42.5 Å². The van der Waals surface area contributed by atoms with Crippen LogP contribution in [-0.4, -0.2) is 44.8 Å². The Kier molecular flexibility index (Phi) is 3.83. The first-order valence-electron chi connectivity index (χ1n) is 8.12. The number of hydrogen-bond acceptors (Lipinski definition) is 4. The molecule has 2 aromatic heterocycles. The molecule has 0 saturated carbocycles. The lowest BCUT2D eigenvalue weighted by Crippen LogP contribution is -2.31. The van der Waals surface area contributed by atoms with E-state index < -0.39 is 5.95 Å². The Morgan fingerprint density at radius 2 is 2.08 bits per heavy atom. The van der Waals surface area contributed by atoms with Crippen molar-refractivity contribution in [2.75, 3.05) is 13.1 Å². The van der Waals surface area contributed by atoms with Crippen LogP contribution in [0.5, 0.6) is 5.88 Å². The summed E-state index contributed by atoms with van der Waals surface area (Å²) < 4.78 is 20.6. The van der Waals surface area contributed by atoms with E-state index in [1.165, 1.54) is 6.07 Å². The highest BCUT2D eigenvalue weighted by atomic mass is 19.1. The zero-order valence-corrected chi connectivity index (χ0v) is 13.7. The Bertz CT molecular complexity index is 940. The van der Waals surface area contributed by atoms with E-state index in [2.05, 4.69) is 10.1 Å². The Labute approximate surface area is 143 Å². The van der Waals surface area contributed by atoms with Gasteiger partial charge in [-0.1, -0.05) is 24.3 Å². The number of aromatic nitrogens is 3. The van der Waals surface area contributed by atoms with Crippen LogP contribution in [0.4, 0.5) is 4.39 Å². The van der Waals surface area contributed by atoms with Crippen molar-refractivity contribution in [1.82, 2.24) is 19.7 Å².